The number of piperazine rings is 1. The predicted molar refractivity (Wildman–Crippen MR) is 112 cm³/mol. The number of carbonyl (C=O) groups excluding carboxylic acids is 2. The van der Waals surface area contributed by atoms with Crippen molar-refractivity contribution in [3.8, 4) is 0 Å². The highest BCUT2D eigenvalue weighted by Crippen LogP contribution is 2.26. The van der Waals surface area contributed by atoms with Crippen LogP contribution in [-0.2, 0) is 0 Å². The van der Waals surface area contributed by atoms with Crippen molar-refractivity contribution in [3.63, 3.8) is 0 Å². The Bertz CT molecular complexity index is 833. The van der Waals surface area contributed by atoms with Crippen LogP contribution in [0.2, 0.25) is 0 Å². The molecule has 28 heavy (non-hydrogen) atoms. The molecule has 1 aromatic heterocycles. The van der Waals surface area contributed by atoms with Crippen molar-refractivity contribution in [3.05, 3.63) is 52.2 Å². The maximum Gasteiger partial charge on any atom is 0.268 e. The first-order chi connectivity index (χ1) is 13.6. The van der Waals surface area contributed by atoms with E-state index in [1.54, 1.807) is 11.9 Å². The molecule has 2 saturated heterocycles. The van der Waals surface area contributed by atoms with Crippen LogP contribution in [0.4, 0.5) is 5.69 Å². The molecule has 7 heteroatoms. The predicted octanol–water partition coefficient (Wildman–Crippen LogP) is 2.14. The van der Waals surface area contributed by atoms with Gasteiger partial charge in [-0.1, -0.05) is 18.2 Å². The van der Waals surface area contributed by atoms with Gasteiger partial charge in [-0.2, -0.15) is 0 Å². The van der Waals surface area contributed by atoms with E-state index in [0.29, 0.717) is 22.2 Å². The fourth-order valence-corrected chi connectivity index (χ4v) is 4.76. The first-order valence-corrected chi connectivity index (χ1v) is 10.7. The summed E-state index contributed by atoms with van der Waals surface area (Å²) in [5, 5.41) is 5.27. The quantitative estimate of drug-likeness (QED) is 0.857. The van der Waals surface area contributed by atoms with E-state index in [1.807, 2.05) is 46.7 Å². The molecular formula is C21H26N4O2S. The van der Waals surface area contributed by atoms with Crippen LogP contribution < -0.4 is 10.2 Å². The number of rotatable bonds is 4. The SMILES string of the molecule is CN(C(=O)c1cccs1)c1ccccc1C(=O)N1CCC(N2CCNCC2)C1. The number of likely N-dealkylation sites (tertiary alicyclic amines) is 1. The van der Waals surface area contributed by atoms with E-state index < -0.39 is 0 Å². The normalized spacial score (nSPS) is 20.3. The average molecular weight is 399 g/mol. The highest BCUT2D eigenvalue weighted by atomic mass is 32.1. The molecule has 0 aliphatic carbocycles. The number of amides is 2. The number of hydrogen-bond donors (Lipinski definition) is 1. The number of benzene rings is 1. The second-order valence-electron chi connectivity index (χ2n) is 7.34. The molecular weight excluding hydrogens is 372 g/mol. The third kappa shape index (κ3) is 3.83. The fourth-order valence-electron chi connectivity index (χ4n) is 4.06. The third-order valence-electron chi connectivity index (χ3n) is 5.65. The number of nitrogens with zero attached hydrogens (tertiary/aromatic N) is 3. The molecule has 2 aliphatic heterocycles. The number of carbonyl (C=O) groups is 2. The number of nitrogens with one attached hydrogen (secondary N) is 1. The fraction of sp³-hybridized carbons (Fsp3) is 0.429. The third-order valence-corrected chi connectivity index (χ3v) is 6.51. The molecule has 1 unspecified atom stereocenters. The first-order valence-electron chi connectivity index (χ1n) is 9.80. The molecule has 1 atom stereocenters. The molecule has 2 amide bonds. The monoisotopic (exact) mass is 398 g/mol. The van der Waals surface area contributed by atoms with Gasteiger partial charge in [0.15, 0.2) is 0 Å². The average Bonchev–Trinajstić information content (AvgIpc) is 3.45. The summed E-state index contributed by atoms with van der Waals surface area (Å²) in [5.41, 5.74) is 1.26. The number of anilines is 1. The van der Waals surface area contributed by atoms with Gasteiger partial charge >= 0.3 is 0 Å². The molecule has 4 rings (SSSR count). The summed E-state index contributed by atoms with van der Waals surface area (Å²) in [6.45, 7) is 5.65. The summed E-state index contributed by atoms with van der Waals surface area (Å²) >= 11 is 1.41. The lowest BCUT2D eigenvalue weighted by molar-refractivity contribution is 0.0774. The van der Waals surface area contributed by atoms with Gasteiger partial charge in [0.25, 0.3) is 11.8 Å². The second kappa shape index (κ2) is 8.43. The van der Waals surface area contributed by atoms with Crippen LogP contribution in [0, 0.1) is 0 Å². The van der Waals surface area contributed by atoms with Gasteiger partial charge in [0.2, 0.25) is 0 Å². The standard InChI is InChI=1S/C21H26N4O2S/c1-23(21(27)19-7-4-14-28-19)18-6-3-2-5-17(18)20(26)25-11-8-16(15-25)24-12-9-22-10-13-24/h2-7,14,16,22H,8-13,15H2,1H3. The summed E-state index contributed by atoms with van der Waals surface area (Å²) in [6.07, 6.45) is 1.01. The Morgan fingerprint density at radius 2 is 1.89 bits per heavy atom. The van der Waals surface area contributed by atoms with Crippen LogP contribution in [0.1, 0.15) is 26.5 Å². The highest BCUT2D eigenvalue weighted by molar-refractivity contribution is 7.12. The Hall–Kier alpha value is -2.22. The summed E-state index contributed by atoms with van der Waals surface area (Å²) in [5.74, 6) is -0.0746. The lowest BCUT2D eigenvalue weighted by Gasteiger charge is -2.32. The van der Waals surface area contributed by atoms with E-state index in [0.717, 1.165) is 45.7 Å². The van der Waals surface area contributed by atoms with E-state index in [2.05, 4.69) is 10.2 Å². The maximum absolute atomic E-state index is 13.3. The Labute approximate surface area is 169 Å². The Morgan fingerprint density at radius 3 is 2.64 bits per heavy atom. The van der Waals surface area contributed by atoms with Gasteiger partial charge in [0.1, 0.15) is 0 Å². The van der Waals surface area contributed by atoms with E-state index in [9.17, 15) is 9.59 Å². The molecule has 3 heterocycles. The van der Waals surface area contributed by atoms with E-state index >= 15 is 0 Å². The molecule has 2 aromatic rings. The zero-order valence-electron chi connectivity index (χ0n) is 16.1. The largest absolute Gasteiger partial charge is 0.337 e. The van der Waals surface area contributed by atoms with Crippen molar-refractivity contribution in [1.82, 2.24) is 15.1 Å². The van der Waals surface area contributed by atoms with Crippen molar-refractivity contribution in [2.45, 2.75) is 12.5 Å². The molecule has 6 nitrogen and oxygen atoms in total. The van der Waals surface area contributed by atoms with Crippen LogP contribution in [0.3, 0.4) is 0 Å². The number of para-hydroxylation sites is 1. The molecule has 2 fully saturated rings. The van der Waals surface area contributed by atoms with Gasteiger partial charge in [-0.15, -0.1) is 11.3 Å². The molecule has 0 radical (unpaired) electrons. The van der Waals surface area contributed by atoms with Gasteiger partial charge < -0.3 is 15.1 Å². The van der Waals surface area contributed by atoms with Crippen LogP contribution in [-0.4, -0.2) is 74.0 Å². The molecule has 0 spiro atoms. The molecule has 0 bridgehead atoms. The molecule has 148 valence electrons. The van der Waals surface area contributed by atoms with E-state index in [1.165, 1.54) is 11.3 Å². The minimum absolute atomic E-state index is 0.0130. The van der Waals surface area contributed by atoms with Crippen LogP contribution >= 0.6 is 11.3 Å². The topological polar surface area (TPSA) is 55.9 Å². The first kappa shape index (κ1) is 19.1. The lowest BCUT2D eigenvalue weighted by atomic mass is 10.1. The van der Waals surface area contributed by atoms with Crippen molar-refractivity contribution in [2.75, 3.05) is 51.2 Å². The van der Waals surface area contributed by atoms with Crippen molar-refractivity contribution < 1.29 is 9.59 Å². The van der Waals surface area contributed by atoms with Gasteiger partial charge in [0, 0.05) is 52.4 Å². The molecule has 2 aliphatic rings. The van der Waals surface area contributed by atoms with Crippen LogP contribution in [0.15, 0.2) is 41.8 Å². The second-order valence-corrected chi connectivity index (χ2v) is 8.29. The van der Waals surface area contributed by atoms with Crippen LogP contribution in [0.25, 0.3) is 0 Å². The Kier molecular flexibility index (Phi) is 5.75. The minimum Gasteiger partial charge on any atom is -0.337 e. The lowest BCUT2D eigenvalue weighted by Crippen LogP contribution is -2.49. The molecule has 1 aromatic carbocycles. The Balaban J connectivity index is 1.50. The summed E-state index contributed by atoms with van der Waals surface area (Å²) in [4.78, 5) is 32.7. The summed E-state index contributed by atoms with van der Waals surface area (Å²) in [6, 6.07) is 11.5. The van der Waals surface area contributed by atoms with Gasteiger partial charge in [-0.3, -0.25) is 14.5 Å². The smallest absolute Gasteiger partial charge is 0.268 e. The van der Waals surface area contributed by atoms with Gasteiger partial charge in [-0.25, -0.2) is 0 Å². The zero-order chi connectivity index (χ0) is 19.5. The highest BCUT2D eigenvalue weighted by Gasteiger charge is 2.32. The zero-order valence-corrected chi connectivity index (χ0v) is 17.0. The van der Waals surface area contributed by atoms with Crippen molar-refractivity contribution in [2.24, 2.45) is 0 Å². The Morgan fingerprint density at radius 1 is 1.11 bits per heavy atom. The van der Waals surface area contributed by atoms with Gasteiger partial charge in [-0.05, 0) is 30.0 Å². The summed E-state index contributed by atoms with van der Waals surface area (Å²) < 4.78 is 0. The summed E-state index contributed by atoms with van der Waals surface area (Å²) in [7, 11) is 1.74. The van der Waals surface area contributed by atoms with Gasteiger partial charge in [0.05, 0.1) is 16.1 Å². The van der Waals surface area contributed by atoms with Crippen LogP contribution in [0.5, 0.6) is 0 Å². The van der Waals surface area contributed by atoms with Crippen molar-refractivity contribution >= 4 is 28.8 Å². The minimum atomic E-state index is -0.0876. The van der Waals surface area contributed by atoms with E-state index in [4.69, 9.17) is 0 Å². The molecule has 1 N–H and O–H groups in total. The van der Waals surface area contributed by atoms with E-state index in [-0.39, 0.29) is 11.8 Å². The number of hydrogen-bond acceptors (Lipinski definition) is 5. The number of thiophene rings is 1. The molecule has 0 saturated carbocycles. The van der Waals surface area contributed by atoms with Crippen molar-refractivity contribution in [1.29, 1.82) is 0 Å². The maximum atomic E-state index is 13.3.